The molecular weight excluding hydrogens is 560 g/mol. The van der Waals surface area contributed by atoms with Crippen LogP contribution in [0, 0.1) is 0 Å². The van der Waals surface area contributed by atoms with Crippen LogP contribution in [0.5, 0.6) is 5.75 Å². The van der Waals surface area contributed by atoms with Crippen LogP contribution in [0.2, 0.25) is 0 Å². The second kappa shape index (κ2) is 15.6. The fourth-order valence-electron chi connectivity index (χ4n) is 5.25. The summed E-state index contributed by atoms with van der Waals surface area (Å²) >= 11 is 0. The summed E-state index contributed by atoms with van der Waals surface area (Å²) in [6.45, 7) is 26.7. The Morgan fingerprint density at radius 3 is 1.22 bits per heavy atom. The van der Waals surface area contributed by atoms with Crippen molar-refractivity contribution in [1.82, 2.24) is 0 Å². The molecule has 0 bridgehead atoms. The first-order valence-corrected chi connectivity index (χ1v) is 16.9. The predicted octanol–water partition coefficient (Wildman–Crippen LogP) is 9.79. The highest BCUT2D eigenvalue weighted by Crippen LogP contribution is 2.40. The maximum absolute atomic E-state index is 12.4. The van der Waals surface area contributed by atoms with Gasteiger partial charge in [0.05, 0.1) is 13.2 Å². The molecule has 0 aliphatic heterocycles. The van der Waals surface area contributed by atoms with E-state index in [1.165, 1.54) is 16.7 Å². The zero-order chi connectivity index (χ0) is 34.2. The molecule has 0 saturated carbocycles. The average molecular weight is 623 g/mol. The summed E-state index contributed by atoms with van der Waals surface area (Å²) in [6.07, 6.45) is 5.39. The van der Waals surface area contributed by atoms with E-state index in [1.807, 2.05) is 12.1 Å². The Balaban J connectivity index is 1.69. The van der Waals surface area contributed by atoms with Crippen LogP contribution in [-0.4, -0.2) is 30.3 Å². The van der Waals surface area contributed by atoms with Gasteiger partial charge in [-0.2, -0.15) is 0 Å². The first-order valence-electron chi connectivity index (χ1n) is 16.9. The number of rotatable bonds is 13. The first kappa shape index (κ1) is 38.4. The molecule has 2 rings (SSSR count). The van der Waals surface area contributed by atoms with E-state index in [0.717, 1.165) is 42.4 Å². The van der Waals surface area contributed by atoms with E-state index in [0.29, 0.717) is 44.6 Å². The van der Waals surface area contributed by atoms with Gasteiger partial charge in [-0.15, -0.1) is 0 Å². The molecule has 0 radical (unpaired) electrons. The van der Waals surface area contributed by atoms with Crippen molar-refractivity contribution in [3.63, 3.8) is 0 Å². The van der Waals surface area contributed by atoms with Gasteiger partial charge in [0.15, 0.2) is 0 Å². The highest BCUT2D eigenvalue weighted by molar-refractivity contribution is 5.70. The van der Waals surface area contributed by atoms with E-state index in [-0.39, 0.29) is 33.6 Å². The lowest BCUT2D eigenvalue weighted by molar-refractivity contribution is -0.145. The number of aryl methyl sites for hydroxylation is 2. The molecule has 0 atom stereocenters. The molecule has 0 aromatic heterocycles. The number of hydrogen-bond donors (Lipinski definition) is 1. The second-order valence-electron chi connectivity index (χ2n) is 16.8. The fraction of sp³-hybridized carbons (Fsp3) is 0.650. The van der Waals surface area contributed by atoms with E-state index in [1.54, 1.807) is 0 Å². The van der Waals surface area contributed by atoms with Crippen molar-refractivity contribution in [3.8, 4) is 5.75 Å². The van der Waals surface area contributed by atoms with Gasteiger partial charge < -0.3 is 14.6 Å². The molecule has 5 heteroatoms. The molecule has 0 unspecified atom stereocenters. The summed E-state index contributed by atoms with van der Waals surface area (Å²) in [6, 6.07) is 10.8. The lowest BCUT2D eigenvalue weighted by atomic mass is 9.78. The number of esters is 2. The first-order chi connectivity index (χ1) is 20.6. The number of carbonyl (C=O) groups is 2. The molecule has 0 amide bonds. The van der Waals surface area contributed by atoms with E-state index in [9.17, 15) is 14.7 Å². The van der Waals surface area contributed by atoms with Gasteiger partial charge in [-0.1, -0.05) is 113 Å². The van der Waals surface area contributed by atoms with Crippen molar-refractivity contribution in [3.05, 3.63) is 63.7 Å². The van der Waals surface area contributed by atoms with E-state index in [4.69, 9.17) is 9.47 Å². The zero-order valence-electron chi connectivity index (χ0n) is 30.5. The zero-order valence-corrected chi connectivity index (χ0v) is 30.5. The molecule has 0 fully saturated rings. The van der Waals surface area contributed by atoms with Crippen molar-refractivity contribution in [1.29, 1.82) is 0 Å². The number of benzene rings is 2. The lowest BCUT2D eigenvalue weighted by Gasteiger charge is -2.28. The summed E-state index contributed by atoms with van der Waals surface area (Å²) in [5, 5.41) is 10.9. The van der Waals surface area contributed by atoms with Crippen molar-refractivity contribution in [2.75, 3.05) is 13.2 Å². The Morgan fingerprint density at radius 1 is 0.533 bits per heavy atom. The number of unbranched alkanes of at least 4 members (excludes halogenated alkanes) is 3. The Labute approximate surface area is 274 Å². The van der Waals surface area contributed by atoms with E-state index < -0.39 is 0 Å². The van der Waals surface area contributed by atoms with Gasteiger partial charge in [0.2, 0.25) is 0 Å². The van der Waals surface area contributed by atoms with Crippen LogP contribution in [0.25, 0.3) is 0 Å². The summed E-state index contributed by atoms with van der Waals surface area (Å²) in [5.41, 5.74) is 6.34. The van der Waals surface area contributed by atoms with Gasteiger partial charge >= 0.3 is 11.9 Å². The third-order valence-corrected chi connectivity index (χ3v) is 8.31. The fourth-order valence-corrected chi connectivity index (χ4v) is 5.25. The third kappa shape index (κ3) is 12.8. The molecule has 2 aromatic carbocycles. The van der Waals surface area contributed by atoms with Crippen molar-refractivity contribution in [2.24, 2.45) is 0 Å². The smallest absolute Gasteiger partial charge is 0.306 e. The Bertz CT molecular complexity index is 1210. The topological polar surface area (TPSA) is 72.8 Å². The molecule has 45 heavy (non-hydrogen) atoms. The SMILES string of the molecule is CC(C)(C)c1cc(CCC(=O)OCCCCCCOC(=O)CCc2cc(C(C)(C)C)c(O)c(C(C)(C)C)c2)cc(C(C)(C)C)c1. The van der Waals surface area contributed by atoms with Gasteiger partial charge in [-0.05, 0) is 93.6 Å². The number of phenolic OH excluding ortho intramolecular Hbond substituents is 1. The maximum Gasteiger partial charge on any atom is 0.306 e. The number of carbonyl (C=O) groups excluding carboxylic acids is 2. The molecule has 1 N–H and O–H groups in total. The van der Waals surface area contributed by atoms with Crippen LogP contribution >= 0.6 is 0 Å². The van der Waals surface area contributed by atoms with Crippen LogP contribution in [0.4, 0.5) is 0 Å². The number of hydrogen-bond acceptors (Lipinski definition) is 5. The van der Waals surface area contributed by atoms with Crippen LogP contribution in [0.15, 0.2) is 30.3 Å². The largest absolute Gasteiger partial charge is 0.507 e. The van der Waals surface area contributed by atoms with Crippen molar-refractivity contribution >= 4 is 11.9 Å². The standard InChI is InChI=1S/C40H62O5/c1-37(2,3)30-23-28(24-31(27-30)38(4,5)6)17-19-34(41)44-21-15-13-14-16-22-45-35(42)20-18-29-25-32(39(7,8)9)36(43)33(26-29)40(10,11)12/h23-27,43H,13-22H2,1-12H3. The summed E-state index contributed by atoms with van der Waals surface area (Å²) in [5.74, 6) is 0.00207. The molecule has 0 spiro atoms. The van der Waals surface area contributed by atoms with Crippen LogP contribution in [-0.2, 0) is 53.6 Å². The van der Waals surface area contributed by atoms with Crippen molar-refractivity contribution in [2.45, 2.75) is 156 Å². The monoisotopic (exact) mass is 622 g/mol. The minimum absolute atomic E-state index is 0.0512. The minimum Gasteiger partial charge on any atom is -0.507 e. The van der Waals surface area contributed by atoms with Gasteiger partial charge in [0, 0.05) is 12.8 Å². The molecule has 0 heterocycles. The predicted molar refractivity (Wildman–Crippen MR) is 186 cm³/mol. The molecule has 0 aliphatic carbocycles. The van der Waals surface area contributed by atoms with Gasteiger partial charge in [0.1, 0.15) is 5.75 Å². The van der Waals surface area contributed by atoms with Gasteiger partial charge in [0.25, 0.3) is 0 Å². The molecule has 0 saturated heterocycles. The third-order valence-electron chi connectivity index (χ3n) is 8.31. The minimum atomic E-state index is -0.200. The molecule has 2 aromatic rings. The quantitative estimate of drug-likeness (QED) is 0.178. The average Bonchev–Trinajstić information content (AvgIpc) is 2.90. The highest BCUT2D eigenvalue weighted by atomic mass is 16.5. The molecule has 0 aliphatic rings. The maximum atomic E-state index is 12.4. The van der Waals surface area contributed by atoms with Crippen molar-refractivity contribution < 1.29 is 24.2 Å². The highest BCUT2D eigenvalue weighted by Gasteiger charge is 2.27. The van der Waals surface area contributed by atoms with E-state index >= 15 is 0 Å². The summed E-state index contributed by atoms with van der Waals surface area (Å²) in [4.78, 5) is 24.8. The summed E-state index contributed by atoms with van der Waals surface area (Å²) < 4.78 is 11.0. The number of aromatic hydroxyl groups is 1. The number of phenols is 1. The number of ether oxygens (including phenoxy) is 2. The summed E-state index contributed by atoms with van der Waals surface area (Å²) in [7, 11) is 0. The Morgan fingerprint density at radius 2 is 0.889 bits per heavy atom. The normalized spacial score (nSPS) is 12.7. The molecule has 5 nitrogen and oxygen atoms in total. The van der Waals surface area contributed by atoms with Crippen LogP contribution in [0.1, 0.15) is 155 Å². The van der Waals surface area contributed by atoms with Gasteiger partial charge in [-0.25, -0.2) is 0 Å². The molecular formula is C40H62O5. The Hall–Kier alpha value is -2.82. The Kier molecular flexibility index (Phi) is 13.3. The van der Waals surface area contributed by atoms with Crippen LogP contribution < -0.4 is 0 Å². The lowest BCUT2D eigenvalue weighted by Crippen LogP contribution is -2.18. The van der Waals surface area contributed by atoms with Gasteiger partial charge in [-0.3, -0.25) is 9.59 Å². The molecule has 252 valence electrons. The second-order valence-corrected chi connectivity index (χ2v) is 16.8. The van der Waals surface area contributed by atoms with Crippen LogP contribution in [0.3, 0.4) is 0 Å². The van der Waals surface area contributed by atoms with E-state index in [2.05, 4.69) is 101 Å².